The fourth-order valence-corrected chi connectivity index (χ4v) is 2.45. The summed E-state index contributed by atoms with van der Waals surface area (Å²) in [5.41, 5.74) is 0.117. The third-order valence-corrected chi connectivity index (χ3v) is 3.41. The Bertz CT molecular complexity index is 822. The molecule has 0 aliphatic carbocycles. The molecule has 0 unspecified atom stereocenters. The Morgan fingerprint density at radius 2 is 1.60 bits per heavy atom. The topological polar surface area (TPSA) is 25.8 Å². The molecule has 3 rings (SSSR count). The largest absolute Gasteiger partial charge is 0.225 e. The fraction of sp³-hybridized carbons (Fsp3) is 0. The Morgan fingerprint density at radius 3 is 2.35 bits per heavy atom. The van der Waals surface area contributed by atoms with Crippen LogP contribution in [0.3, 0.4) is 0 Å². The van der Waals surface area contributed by atoms with Gasteiger partial charge in [0.25, 0.3) is 0 Å². The van der Waals surface area contributed by atoms with Crippen molar-refractivity contribution >= 4 is 34.1 Å². The Hall–Kier alpha value is -1.78. The lowest BCUT2D eigenvalue weighted by molar-refractivity contribution is 0.628. The van der Waals surface area contributed by atoms with Crippen LogP contribution in [-0.4, -0.2) is 9.97 Å². The van der Waals surface area contributed by atoms with Gasteiger partial charge in [0.1, 0.15) is 22.3 Å². The molecule has 0 amide bonds. The highest BCUT2D eigenvalue weighted by atomic mass is 35.5. The van der Waals surface area contributed by atoms with Crippen LogP contribution in [0.1, 0.15) is 0 Å². The maximum atomic E-state index is 13.8. The second kappa shape index (κ2) is 4.96. The highest BCUT2D eigenvalue weighted by Gasteiger charge is 2.15. The van der Waals surface area contributed by atoms with Crippen molar-refractivity contribution in [1.29, 1.82) is 0 Å². The average Bonchev–Trinajstić information content (AvgIpc) is 2.43. The molecule has 0 fully saturated rings. The first-order valence-corrected chi connectivity index (χ1v) is 6.39. The molecule has 6 heteroatoms. The number of benzene rings is 2. The molecule has 0 atom stereocenters. The molecule has 1 aromatic heterocycles. The van der Waals surface area contributed by atoms with Gasteiger partial charge in [0, 0.05) is 0 Å². The lowest BCUT2D eigenvalue weighted by Crippen LogP contribution is -1.96. The van der Waals surface area contributed by atoms with Gasteiger partial charge in [-0.15, -0.1) is 0 Å². The minimum Gasteiger partial charge on any atom is -0.225 e. The molecule has 0 bridgehead atoms. The monoisotopic (exact) mass is 310 g/mol. The van der Waals surface area contributed by atoms with Crippen molar-refractivity contribution in [1.82, 2.24) is 9.97 Å². The maximum absolute atomic E-state index is 13.8. The predicted octanol–water partition coefficient (Wildman–Crippen LogP) is 4.88. The van der Waals surface area contributed by atoms with E-state index in [0.717, 1.165) is 0 Å². The molecule has 0 spiro atoms. The molecule has 2 nitrogen and oxygen atoms in total. The van der Waals surface area contributed by atoms with Crippen LogP contribution in [0.25, 0.3) is 22.3 Å². The van der Waals surface area contributed by atoms with Crippen LogP contribution in [0.2, 0.25) is 10.2 Å². The van der Waals surface area contributed by atoms with Gasteiger partial charge in [0.05, 0.1) is 16.0 Å². The van der Waals surface area contributed by atoms with Crippen molar-refractivity contribution in [2.24, 2.45) is 0 Å². The van der Waals surface area contributed by atoms with E-state index >= 15 is 0 Å². The van der Waals surface area contributed by atoms with Gasteiger partial charge >= 0.3 is 0 Å². The van der Waals surface area contributed by atoms with Crippen LogP contribution in [0.4, 0.5) is 8.78 Å². The van der Waals surface area contributed by atoms with Crippen LogP contribution < -0.4 is 0 Å². The zero-order chi connectivity index (χ0) is 14.3. The van der Waals surface area contributed by atoms with Crippen molar-refractivity contribution < 1.29 is 8.78 Å². The van der Waals surface area contributed by atoms with E-state index in [4.69, 9.17) is 23.2 Å². The molecule has 20 heavy (non-hydrogen) atoms. The standard InChI is InChI=1S/C14H6Cl2F2N2/c15-8-5-6-10(18)12-11(8)13(16)20-14(19-12)7-3-1-2-4-9(7)17/h1-6H. The van der Waals surface area contributed by atoms with Gasteiger partial charge in [-0.25, -0.2) is 18.7 Å². The van der Waals surface area contributed by atoms with Crippen molar-refractivity contribution in [3.05, 3.63) is 58.2 Å². The molecule has 0 radical (unpaired) electrons. The Labute approximate surface area is 123 Å². The molecular weight excluding hydrogens is 305 g/mol. The number of aromatic nitrogens is 2. The number of hydrogen-bond acceptors (Lipinski definition) is 2. The highest BCUT2D eigenvalue weighted by Crippen LogP contribution is 2.32. The third kappa shape index (κ3) is 2.11. The molecule has 2 aromatic carbocycles. The summed E-state index contributed by atoms with van der Waals surface area (Å²) in [6.45, 7) is 0. The molecule has 0 aliphatic rings. The SMILES string of the molecule is Fc1ccccc1-c1nc(Cl)c2c(Cl)ccc(F)c2n1. The summed E-state index contributed by atoms with van der Waals surface area (Å²) in [6.07, 6.45) is 0. The van der Waals surface area contributed by atoms with Crippen LogP contribution >= 0.6 is 23.2 Å². The van der Waals surface area contributed by atoms with Crippen LogP contribution in [0.15, 0.2) is 36.4 Å². The van der Waals surface area contributed by atoms with E-state index in [9.17, 15) is 8.78 Å². The Morgan fingerprint density at radius 1 is 0.850 bits per heavy atom. The van der Waals surface area contributed by atoms with Crippen molar-refractivity contribution in [3.63, 3.8) is 0 Å². The van der Waals surface area contributed by atoms with Gasteiger partial charge in [-0.1, -0.05) is 35.3 Å². The van der Waals surface area contributed by atoms with E-state index in [1.54, 1.807) is 12.1 Å². The summed E-state index contributed by atoms with van der Waals surface area (Å²) in [5.74, 6) is -1.08. The zero-order valence-corrected chi connectivity index (χ0v) is 11.4. The van der Waals surface area contributed by atoms with Crippen LogP contribution in [0.5, 0.6) is 0 Å². The maximum Gasteiger partial charge on any atom is 0.164 e. The molecule has 3 aromatic rings. The molecule has 100 valence electrons. The second-order valence-corrected chi connectivity index (χ2v) is 4.84. The van der Waals surface area contributed by atoms with E-state index < -0.39 is 11.6 Å². The number of fused-ring (bicyclic) bond motifs is 1. The third-order valence-electron chi connectivity index (χ3n) is 2.82. The summed E-state index contributed by atoms with van der Waals surface area (Å²) in [7, 11) is 0. The number of rotatable bonds is 1. The van der Waals surface area contributed by atoms with Gasteiger partial charge in [-0.3, -0.25) is 0 Å². The van der Waals surface area contributed by atoms with Crippen molar-refractivity contribution in [2.75, 3.05) is 0 Å². The Kier molecular flexibility index (Phi) is 3.28. The summed E-state index contributed by atoms with van der Waals surface area (Å²) in [5, 5.41) is 0.442. The first kappa shape index (κ1) is 13.2. The van der Waals surface area contributed by atoms with Crippen molar-refractivity contribution in [3.8, 4) is 11.4 Å². The van der Waals surface area contributed by atoms with E-state index in [1.165, 1.54) is 24.3 Å². The van der Waals surface area contributed by atoms with Gasteiger partial charge in [-0.2, -0.15) is 0 Å². The summed E-state index contributed by atoms with van der Waals surface area (Å²) in [4.78, 5) is 8.03. The lowest BCUT2D eigenvalue weighted by Gasteiger charge is -2.07. The predicted molar refractivity (Wildman–Crippen MR) is 74.9 cm³/mol. The van der Waals surface area contributed by atoms with E-state index in [-0.39, 0.29) is 32.5 Å². The first-order valence-electron chi connectivity index (χ1n) is 5.64. The molecule has 0 saturated heterocycles. The highest BCUT2D eigenvalue weighted by molar-refractivity contribution is 6.41. The van der Waals surface area contributed by atoms with Crippen LogP contribution in [0, 0.1) is 11.6 Å². The summed E-state index contributed by atoms with van der Waals surface area (Å²) < 4.78 is 27.6. The van der Waals surface area contributed by atoms with Gasteiger partial charge in [-0.05, 0) is 24.3 Å². The quantitative estimate of drug-likeness (QED) is 0.598. The van der Waals surface area contributed by atoms with Gasteiger partial charge in [0.15, 0.2) is 5.82 Å². The number of nitrogens with zero attached hydrogens (tertiary/aromatic N) is 2. The Balaban J connectivity index is 2.36. The lowest BCUT2D eigenvalue weighted by atomic mass is 10.2. The first-order chi connectivity index (χ1) is 9.58. The van der Waals surface area contributed by atoms with E-state index in [2.05, 4.69) is 9.97 Å². The second-order valence-electron chi connectivity index (χ2n) is 4.07. The fourth-order valence-electron chi connectivity index (χ4n) is 1.89. The van der Waals surface area contributed by atoms with Crippen LogP contribution in [-0.2, 0) is 0 Å². The summed E-state index contributed by atoms with van der Waals surface area (Å²) in [6, 6.07) is 8.49. The summed E-state index contributed by atoms with van der Waals surface area (Å²) >= 11 is 12.0. The number of halogens is 4. The molecule has 0 aliphatic heterocycles. The minimum absolute atomic E-state index is 0.0155. The van der Waals surface area contributed by atoms with E-state index in [0.29, 0.717) is 0 Å². The van der Waals surface area contributed by atoms with E-state index in [1.807, 2.05) is 0 Å². The molecular formula is C14H6Cl2F2N2. The zero-order valence-electron chi connectivity index (χ0n) is 9.87. The van der Waals surface area contributed by atoms with Gasteiger partial charge < -0.3 is 0 Å². The minimum atomic E-state index is -0.591. The molecule has 0 N–H and O–H groups in total. The smallest absolute Gasteiger partial charge is 0.164 e. The van der Waals surface area contributed by atoms with Gasteiger partial charge in [0.2, 0.25) is 0 Å². The number of hydrogen-bond donors (Lipinski definition) is 0. The molecule has 0 saturated carbocycles. The average molecular weight is 311 g/mol. The normalized spacial score (nSPS) is 11.0. The van der Waals surface area contributed by atoms with Crippen molar-refractivity contribution in [2.45, 2.75) is 0 Å². The molecule has 1 heterocycles.